The minimum absolute atomic E-state index is 0.0652. The Hall–Kier alpha value is -3.03. The zero-order valence-corrected chi connectivity index (χ0v) is 18.8. The lowest BCUT2D eigenvalue weighted by Gasteiger charge is -2.46. The van der Waals surface area contributed by atoms with E-state index in [1.807, 2.05) is 6.07 Å². The molecule has 2 aromatic rings. The van der Waals surface area contributed by atoms with Crippen molar-refractivity contribution in [3.63, 3.8) is 0 Å². The first kappa shape index (κ1) is 22.7. The molecule has 3 aliphatic heterocycles. The quantitative estimate of drug-likeness (QED) is 0.696. The molecule has 3 heterocycles. The summed E-state index contributed by atoms with van der Waals surface area (Å²) in [6.07, 6.45) is 0.130. The van der Waals surface area contributed by atoms with Gasteiger partial charge < -0.3 is 19.5 Å². The van der Waals surface area contributed by atoms with E-state index >= 15 is 0 Å². The van der Waals surface area contributed by atoms with Crippen LogP contribution in [-0.2, 0) is 22.6 Å². The number of nitrogens with zero attached hydrogens (tertiary/aromatic N) is 3. The monoisotopic (exact) mass is 466 g/mol. The lowest BCUT2D eigenvalue weighted by Crippen LogP contribution is -2.59. The molecule has 8 nitrogen and oxygen atoms in total. The van der Waals surface area contributed by atoms with Gasteiger partial charge in [0.1, 0.15) is 11.6 Å². The molecule has 3 aliphatic rings. The molecule has 2 atom stereocenters. The van der Waals surface area contributed by atoms with E-state index in [1.165, 1.54) is 6.07 Å². The van der Waals surface area contributed by atoms with Gasteiger partial charge in [-0.25, -0.2) is 4.39 Å². The molecule has 1 N–H and O–H groups in total. The van der Waals surface area contributed by atoms with Gasteiger partial charge in [-0.15, -0.1) is 0 Å². The van der Waals surface area contributed by atoms with Crippen LogP contribution in [0.25, 0.3) is 0 Å². The number of amides is 1. The van der Waals surface area contributed by atoms with E-state index in [0.717, 1.165) is 49.6 Å². The zero-order chi connectivity index (χ0) is 23.5. The van der Waals surface area contributed by atoms with E-state index in [-0.39, 0.29) is 30.7 Å². The van der Waals surface area contributed by atoms with Crippen LogP contribution in [0, 0.1) is 17.1 Å². The summed E-state index contributed by atoms with van der Waals surface area (Å²) in [5, 5.41) is 11.8. The number of halogens is 1. The summed E-state index contributed by atoms with van der Waals surface area (Å²) in [4.78, 5) is 17.0. The van der Waals surface area contributed by atoms with E-state index in [1.54, 1.807) is 30.3 Å². The van der Waals surface area contributed by atoms with Crippen molar-refractivity contribution in [3.05, 3.63) is 64.5 Å². The molecule has 2 unspecified atom stereocenters. The third-order valence-corrected chi connectivity index (χ3v) is 6.37. The fourth-order valence-corrected chi connectivity index (χ4v) is 4.91. The van der Waals surface area contributed by atoms with Crippen molar-refractivity contribution in [2.24, 2.45) is 0 Å². The van der Waals surface area contributed by atoms with Gasteiger partial charge in [0.15, 0.2) is 6.79 Å². The Morgan fingerprint density at radius 1 is 1.12 bits per heavy atom. The lowest BCUT2D eigenvalue weighted by molar-refractivity contribution is -0.139. The Morgan fingerprint density at radius 3 is 2.59 bits per heavy atom. The molecule has 0 radical (unpaired) electrons. The third-order valence-electron chi connectivity index (χ3n) is 6.37. The number of hydrogen-bond donors (Lipinski definition) is 1. The Labute approximate surface area is 197 Å². The zero-order valence-electron chi connectivity index (χ0n) is 18.8. The highest BCUT2D eigenvalue weighted by molar-refractivity contribution is 5.94. The number of hydrogen-bond acceptors (Lipinski definition) is 7. The summed E-state index contributed by atoms with van der Waals surface area (Å²) >= 11 is 0. The van der Waals surface area contributed by atoms with Crippen molar-refractivity contribution in [2.75, 3.05) is 46.1 Å². The molecule has 2 bridgehead atoms. The standard InChI is InChI=1S/C25H27FN4O4/c26-21-7-19(24-20(8-21)15-32-16-33-24)10-30-13-22-11-29(12-23(14-30)34-22)6-5-28-25(31)18-3-1-17(9-27)2-4-18/h1-4,7-8,22-23H,5-6,10-16H2,(H,28,31). The molecule has 34 heavy (non-hydrogen) atoms. The largest absolute Gasteiger partial charge is 0.467 e. The van der Waals surface area contributed by atoms with Gasteiger partial charge in [0, 0.05) is 62.5 Å². The van der Waals surface area contributed by atoms with Gasteiger partial charge >= 0.3 is 0 Å². The number of fused-ring (bicyclic) bond motifs is 3. The van der Waals surface area contributed by atoms with Crippen molar-refractivity contribution >= 4 is 5.91 Å². The second-order valence-electron chi connectivity index (χ2n) is 8.94. The van der Waals surface area contributed by atoms with E-state index in [2.05, 4.69) is 15.1 Å². The van der Waals surface area contributed by atoms with E-state index in [4.69, 9.17) is 19.5 Å². The van der Waals surface area contributed by atoms with Crippen molar-refractivity contribution in [3.8, 4) is 11.8 Å². The number of nitriles is 1. The van der Waals surface area contributed by atoms with Crippen molar-refractivity contribution < 1.29 is 23.4 Å². The lowest BCUT2D eigenvalue weighted by atomic mass is 10.0. The second-order valence-corrected chi connectivity index (χ2v) is 8.94. The maximum atomic E-state index is 14.1. The number of benzene rings is 2. The first-order valence-electron chi connectivity index (χ1n) is 11.5. The number of nitrogens with one attached hydrogen (secondary N) is 1. The van der Waals surface area contributed by atoms with Gasteiger partial charge in [0.05, 0.1) is 30.4 Å². The van der Waals surface area contributed by atoms with Crippen LogP contribution in [0.2, 0.25) is 0 Å². The number of morpholine rings is 2. The Kier molecular flexibility index (Phi) is 6.74. The summed E-state index contributed by atoms with van der Waals surface area (Å²) in [6, 6.07) is 11.7. The first-order chi connectivity index (χ1) is 16.6. The summed E-state index contributed by atoms with van der Waals surface area (Å²) < 4.78 is 31.2. The van der Waals surface area contributed by atoms with E-state index < -0.39 is 0 Å². The molecule has 0 spiro atoms. The molecule has 2 saturated heterocycles. The normalized spacial score (nSPS) is 22.4. The summed E-state index contributed by atoms with van der Waals surface area (Å²) in [6.45, 7) is 5.52. The molecule has 2 fully saturated rings. The van der Waals surface area contributed by atoms with Crippen LogP contribution in [0.15, 0.2) is 36.4 Å². The molecular weight excluding hydrogens is 439 g/mol. The van der Waals surface area contributed by atoms with Gasteiger partial charge in [0.25, 0.3) is 5.91 Å². The van der Waals surface area contributed by atoms with Crippen LogP contribution in [0.4, 0.5) is 4.39 Å². The van der Waals surface area contributed by atoms with Crippen LogP contribution in [0.3, 0.4) is 0 Å². The van der Waals surface area contributed by atoms with Gasteiger partial charge in [-0.2, -0.15) is 5.26 Å². The van der Waals surface area contributed by atoms with Gasteiger partial charge in [0.2, 0.25) is 0 Å². The minimum Gasteiger partial charge on any atom is -0.467 e. The highest BCUT2D eigenvalue weighted by atomic mass is 19.1. The smallest absolute Gasteiger partial charge is 0.251 e. The van der Waals surface area contributed by atoms with Crippen LogP contribution in [0.1, 0.15) is 27.0 Å². The molecule has 5 rings (SSSR count). The van der Waals surface area contributed by atoms with Crippen molar-refractivity contribution in [1.82, 2.24) is 15.1 Å². The third kappa shape index (κ3) is 5.21. The fraction of sp³-hybridized carbons (Fsp3) is 0.440. The van der Waals surface area contributed by atoms with Gasteiger partial charge in [-0.1, -0.05) is 0 Å². The maximum absolute atomic E-state index is 14.1. The van der Waals surface area contributed by atoms with Crippen LogP contribution in [0.5, 0.6) is 5.75 Å². The van der Waals surface area contributed by atoms with Crippen LogP contribution >= 0.6 is 0 Å². The topological polar surface area (TPSA) is 87.1 Å². The van der Waals surface area contributed by atoms with E-state index in [9.17, 15) is 9.18 Å². The van der Waals surface area contributed by atoms with Crippen LogP contribution in [-0.4, -0.2) is 74.0 Å². The SMILES string of the molecule is N#Cc1ccc(C(=O)NCCN2CC3CN(Cc4cc(F)cc5c4OCOC5)CC(C2)O3)cc1. The van der Waals surface area contributed by atoms with Crippen molar-refractivity contribution in [1.29, 1.82) is 5.26 Å². The molecule has 0 aliphatic carbocycles. The molecule has 0 saturated carbocycles. The summed E-state index contributed by atoms with van der Waals surface area (Å²) in [5.74, 6) is 0.324. The molecular formula is C25H27FN4O4. The first-order valence-corrected chi connectivity index (χ1v) is 11.5. The molecule has 2 aromatic carbocycles. The second kappa shape index (κ2) is 10.1. The van der Waals surface area contributed by atoms with Gasteiger partial charge in [-0.05, 0) is 36.4 Å². The Balaban J connectivity index is 1.12. The highest BCUT2D eigenvalue weighted by Crippen LogP contribution is 2.31. The minimum atomic E-state index is -0.273. The molecule has 0 aromatic heterocycles. The highest BCUT2D eigenvalue weighted by Gasteiger charge is 2.35. The van der Waals surface area contributed by atoms with E-state index in [0.29, 0.717) is 30.8 Å². The fourth-order valence-electron chi connectivity index (χ4n) is 4.91. The number of carbonyl (C=O) groups is 1. The summed E-state index contributed by atoms with van der Waals surface area (Å²) in [7, 11) is 0. The maximum Gasteiger partial charge on any atom is 0.251 e. The number of rotatable bonds is 6. The predicted octanol–water partition coefficient (Wildman–Crippen LogP) is 1.88. The summed E-state index contributed by atoms with van der Waals surface area (Å²) in [5.41, 5.74) is 2.68. The van der Waals surface area contributed by atoms with Crippen LogP contribution < -0.4 is 10.1 Å². The van der Waals surface area contributed by atoms with Gasteiger partial charge in [-0.3, -0.25) is 14.6 Å². The molecule has 9 heteroatoms. The average Bonchev–Trinajstić information content (AvgIpc) is 2.83. The molecule has 1 amide bonds. The number of ether oxygens (including phenoxy) is 3. The Morgan fingerprint density at radius 2 is 1.85 bits per heavy atom. The van der Waals surface area contributed by atoms with Crippen molar-refractivity contribution in [2.45, 2.75) is 25.4 Å². The number of carbonyl (C=O) groups excluding carboxylic acids is 1. The predicted molar refractivity (Wildman–Crippen MR) is 121 cm³/mol. The molecule has 178 valence electrons. The average molecular weight is 467 g/mol. The Bertz CT molecular complexity index is 1070.